The van der Waals surface area contributed by atoms with Crippen molar-refractivity contribution in [1.82, 2.24) is 9.80 Å². The Balaban J connectivity index is 1.43. The molecule has 4 rings (SSSR count). The lowest BCUT2D eigenvalue weighted by atomic mass is 10.0. The van der Waals surface area contributed by atoms with E-state index in [1.54, 1.807) is 0 Å². The smallest absolute Gasteiger partial charge is 0.253 e. The van der Waals surface area contributed by atoms with Gasteiger partial charge in [-0.15, -0.1) is 0 Å². The zero-order valence-corrected chi connectivity index (χ0v) is 16.5. The first kappa shape index (κ1) is 18.5. The Labute approximate surface area is 162 Å². The van der Waals surface area contributed by atoms with Gasteiger partial charge in [0.15, 0.2) is 0 Å². The van der Waals surface area contributed by atoms with Crippen LogP contribution in [0.1, 0.15) is 62.7 Å². The monoisotopic (exact) mass is 369 g/mol. The Kier molecular flexibility index (Phi) is 5.22. The number of nitrogens with one attached hydrogen (secondary N) is 1. The topological polar surface area (TPSA) is 52.6 Å². The molecule has 0 aromatic heterocycles. The van der Waals surface area contributed by atoms with E-state index in [-0.39, 0.29) is 17.7 Å². The van der Waals surface area contributed by atoms with Gasteiger partial charge in [-0.05, 0) is 70.6 Å². The molecular weight excluding hydrogens is 338 g/mol. The molecule has 1 aromatic rings. The normalized spacial score (nSPS) is 29.0. The molecule has 27 heavy (non-hydrogen) atoms. The van der Waals surface area contributed by atoms with Crippen LogP contribution in [0.25, 0.3) is 0 Å². The van der Waals surface area contributed by atoms with E-state index in [9.17, 15) is 9.59 Å². The lowest BCUT2D eigenvalue weighted by molar-refractivity contribution is -0.117. The summed E-state index contributed by atoms with van der Waals surface area (Å²) in [6.45, 7) is 6.27. The van der Waals surface area contributed by atoms with Crippen LogP contribution in [0.15, 0.2) is 24.3 Å². The zero-order valence-electron chi connectivity index (χ0n) is 16.5. The molecule has 1 saturated carbocycles. The van der Waals surface area contributed by atoms with Gasteiger partial charge in [-0.25, -0.2) is 0 Å². The van der Waals surface area contributed by atoms with Gasteiger partial charge in [-0.3, -0.25) is 14.5 Å². The zero-order chi connectivity index (χ0) is 19.0. The minimum atomic E-state index is 0.0784. The summed E-state index contributed by atoms with van der Waals surface area (Å²) in [6.07, 6.45) is 6.71. The van der Waals surface area contributed by atoms with E-state index in [0.29, 0.717) is 23.7 Å². The molecule has 2 aliphatic heterocycles. The minimum absolute atomic E-state index is 0.0784. The van der Waals surface area contributed by atoms with Gasteiger partial charge in [0, 0.05) is 48.4 Å². The van der Waals surface area contributed by atoms with E-state index < -0.39 is 0 Å². The van der Waals surface area contributed by atoms with Crippen molar-refractivity contribution in [2.75, 3.05) is 18.4 Å². The lowest BCUT2D eigenvalue weighted by Gasteiger charge is -2.41. The molecule has 3 aliphatic rings. The summed E-state index contributed by atoms with van der Waals surface area (Å²) in [5, 5.41) is 2.95. The van der Waals surface area contributed by atoms with Crippen molar-refractivity contribution in [1.29, 1.82) is 0 Å². The van der Waals surface area contributed by atoms with Crippen LogP contribution in [0.4, 0.5) is 5.69 Å². The number of hydrogen-bond donors (Lipinski definition) is 1. The van der Waals surface area contributed by atoms with Crippen molar-refractivity contribution in [3.05, 3.63) is 29.8 Å². The Morgan fingerprint density at radius 1 is 1.04 bits per heavy atom. The quantitative estimate of drug-likeness (QED) is 0.884. The van der Waals surface area contributed by atoms with Crippen molar-refractivity contribution in [2.45, 2.75) is 70.5 Å². The van der Waals surface area contributed by atoms with Crippen LogP contribution in [0, 0.1) is 5.92 Å². The highest BCUT2D eigenvalue weighted by Gasteiger charge is 2.36. The summed E-state index contributed by atoms with van der Waals surface area (Å²) in [5.41, 5.74) is 1.40. The Bertz CT molecular complexity index is 705. The SMILES string of the molecule is CC1CCC(C)N1C1CCCN(C(=O)c2cccc(NC(=O)C3CC3)c2)C1. The summed E-state index contributed by atoms with van der Waals surface area (Å²) in [7, 11) is 0. The molecule has 0 bridgehead atoms. The third kappa shape index (κ3) is 4.03. The molecule has 1 aromatic carbocycles. The molecule has 146 valence electrons. The first-order valence-electron chi connectivity index (χ1n) is 10.5. The van der Waals surface area contributed by atoms with Gasteiger partial charge in [0.25, 0.3) is 5.91 Å². The molecule has 3 fully saturated rings. The number of nitrogens with zero attached hydrogens (tertiary/aromatic N) is 2. The number of benzene rings is 1. The van der Waals surface area contributed by atoms with Gasteiger partial charge in [-0.2, -0.15) is 0 Å². The van der Waals surface area contributed by atoms with Crippen molar-refractivity contribution in [3.8, 4) is 0 Å². The van der Waals surface area contributed by atoms with Crippen LogP contribution in [-0.2, 0) is 4.79 Å². The van der Waals surface area contributed by atoms with Crippen molar-refractivity contribution < 1.29 is 9.59 Å². The fraction of sp³-hybridized carbons (Fsp3) is 0.636. The summed E-state index contributed by atoms with van der Waals surface area (Å²) in [5.74, 6) is 0.327. The average Bonchev–Trinajstić information content (AvgIpc) is 3.47. The van der Waals surface area contributed by atoms with E-state index in [2.05, 4.69) is 24.1 Å². The highest BCUT2D eigenvalue weighted by molar-refractivity contribution is 5.98. The molecule has 3 unspecified atom stereocenters. The fourth-order valence-corrected chi connectivity index (χ4v) is 4.82. The Morgan fingerprint density at radius 2 is 1.78 bits per heavy atom. The van der Waals surface area contributed by atoms with E-state index in [0.717, 1.165) is 38.0 Å². The summed E-state index contributed by atoms with van der Waals surface area (Å²) in [6, 6.07) is 9.11. The maximum absolute atomic E-state index is 13.1. The van der Waals surface area contributed by atoms with Gasteiger partial charge in [-0.1, -0.05) is 6.07 Å². The number of anilines is 1. The molecule has 0 radical (unpaired) electrons. The molecule has 5 heteroatoms. The van der Waals surface area contributed by atoms with E-state index >= 15 is 0 Å². The highest BCUT2D eigenvalue weighted by atomic mass is 16.2. The Morgan fingerprint density at radius 3 is 2.48 bits per heavy atom. The summed E-state index contributed by atoms with van der Waals surface area (Å²) < 4.78 is 0. The predicted octanol–water partition coefficient (Wildman–Crippen LogP) is 3.51. The van der Waals surface area contributed by atoms with Crippen LogP contribution in [0.5, 0.6) is 0 Å². The lowest BCUT2D eigenvalue weighted by Crippen LogP contribution is -2.52. The maximum atomic E-state index is 13.1. The first-order chi connectivity index (χ1) is 13.0. The summed E-state index contributed by atoms with van der Waals surface area (Å²) in [4.78, 5) is 29.7. The number of carbonyl (C=O) groups is 2. The number of carbonyl (C=O) groups excluding carboxylic acids is 2. The Hall–Kier alpha value is -1.88. The molecule has 1 N–H and O–H groups in total. The minimum Gasteiger partial charge on any atom is -0.337 e. The van der Waals surface area contributed by atoms with Crippen LogP contribution in [0.3, 0.4) is 0 Å². The molecule has 2 amide bonds. The van der Waals surface area contributed by atoms with Crippen molar-refractivity contribution in [2.24, 2.45) is 5.92 Å². The second-order valence-corrected chi connectivity index (χ2v) is 8.61. The molecule has 1 aliphatic carbocycles. The van der Waals surface area contributed by atoms with Gasteiger partial charge in [0.05, 0.1) is 0 Å². The molecule has 2 saturated heterocycles. The van der Waals surface area contributed by atoms with E-state index in [1.807, 2.05) is 29.2 Å². The second kappa shape index (κ2) is 7.63. The number of likely N-dealkylation sites (tertiary alicyclic amines) is 2. The van der Waals surface area contributed by atoms with Gasteiger partial charge < -0.3 is 10.2 Å². The first-order valence-corrected chi connectivity index (χ1v) is 10.5. The van der Waals surface area contributed by atoms with Crippen LogP contribution in [-0.4, -0.2) is 52.8 Å². The third-order valence-electron chi connectivity index (χ3n) is 6.45. The fourth-order valence-electron chi connectivity index (χ4n) is 4.82. The molecular formula is C22H31N3O2. The van der Waals surface area contributed by atoms with Crippen molar-refractivity contribution in [3.63, 3.8) is 0 Å². The highest BCUT2D eigenvalue weighted by Crippen LogP contribution is 2.31. The van der Waals surface area contributed by atoms with E-state index in [4.69, 9.17) is 0 Å². The number of rotatable bonds is 4. The maximum Gasteiger partial charge on any atom is 0.253 e. The standard InChI is InChI=1S/C22H31N3O2/c1-15-8-9-16(2)25(15)20-7-4-12-24(14-20)22(27)18-5-3-6-19(13-18)23-21(26)17-10-11-17/h3,5-6,13,15-17,20H,4,7-12,14H2,1-2H3,(H,23,26). The van der Waals surface area contributed by atoms with Crippen molar-refractivity contribution >= 4 is 17.5 Å². The van der Waals surface area contributed by atoms with Crippen LogP contribution >= 0.6 is 0 Å². The van der Waals surface area contributed by atoms with Crippen LogP contribution < -0.4 is 5.32 Å². The molecule has 0 spiro atoms. The molecule has 3 atom stereocenters. The number of hydrogen-bond acceptors (Lipinski definition) is 3. The van der Waals surface area contributed by atoms with Gasteiger partial charge in [0.2, 0.25) is 5.91 Å². The third-order valence-corrected chi connectivity index (χ3v) is 6.45. The summed E-state index contributed by atoms with van der Waals surface area (Å²) >= 11 is 0. The molecule has 5 nitrogen and oxygen atoms in total. The van der Waals surface area contributed by atoms with E-state index in [1.165, 1.54) is 19.3 Å². The largest absolute Gasteiger partial charge is 0.337 e. The number of amides is 2. The second-order valence-electron chi connectivity index (χ2n) is 8.61. The van der Waals surface area contributed by atoms with Gasteiger partial charge in [0.1, 0.15) is 0 Å². The molecule has 2 heterocycles. The van der Waals surface area contributed by atoms with Crippen LogP contribution in [0.2, 0.25) is 0 Å². The van der Waals surface area contributed by atoms with Gasteiger partial charge >= 0.3 is 0 Å². The number of piperidine rings is 1. The predicted molar refractivity (Wildman–Crippen MR) is 107 cm³/mol. The average molecular weight is 370 g/mol.